The highest BCUT2D eigenvalue weighted by Gasteiger charge is 2.09. The highest BCUT2D eigenvalue weighted by molar-refractivity contribution is 5.36. The molecule has 0 heterocycles. The summed E-state index contributed by atoms with van der Waals surface area (Å²) < 4.78 is 0. The molecule has 0 aliphatic heterocycles. The number of rotatable bonds is 6. The number of hydrogen-bond donors (Lipinski definition) is 0. The predicted molar refractivity (Wildman–Crippen MR) is 105 cm³/mol. The molecule has 0 aromatic heterocycles. The van der Waals surface area contributed by atoms with Crippen molar-refractivity contribution in [3.05, 3.63) is 96.1 Å². The van der Waals surface area contributed by atoms with E-state index in [-0.39, 0.29) is 12.1 Å². The minimum atomic E-state index is -0.0200. The van der Waals surface area contributed by atoms with Gasteiger partial charge in [0.05, 0.1) is 23.5 Å². The van der Waals surface area contributed by atoms with Gasteiger partial charge in [0.2, 0.25) is 0 Å². The van der Waals surface area contributed by atoms with Gasteiger partial charge in [0, 0.05) is 0 Å². The Bertz CT molecular complexity index is 802. The topological polar surface area (TPSA) is 49.4 Å². The van der Waals surface area contributed by atoms with Crippen molar-refractivity contribution in [3.63, 3.8) is 0 Å². The lowest BCUT2D eigenvalue weighted by Crippen LogP contribution is -1.94. The average molecular weight is 342 g/mol. The summed E-state index contributed by atoms with van der Waals surface area (Å²) in [7, 11) is 0. The Morgan fingerprint density at radius 3 is 1.38 bits per heavy atom. The van der Waals surface area contributed by atoms with E-state index in [1.807, 2.05) is 80.6 Å². The van der Waals surface area contributed by atoms with Gasteiger partial charge < -0.3 is 0 Å². The summed E-state index contributed by atoms with van der Waals surface area (Å²) in [5, 5.41) is 17.5. The van der Waals surface area contributed by atoms with E-state index in [2.05, 4.69) is 38.7 Å². The summed E-state index contributed by atoms with van der Waals surface area (Å²) in [4.78, 5) is 0. The zero-order chi connectivity index (χ0) is 18.2. The molecule has 0 saturated carbocycles. The van der Waals surface area contributed by atoms with Crippen LogP contribution in [0.2, 0.25) is 0 Å². The highest BCUT2D eigenvalue weighted by atomic mass is 15.1. The van der Waals surface area contributed by atoms with Crippen LogP contribution in [-0.4, -0.2) is 0 Å². The lowest BCUT2D eigenvalue weighted by molar-refractivity contribution is 0.740. The zero-order valence-corrected chi connectivity index (χ0v) is 15.0. The van der Waals surface area contributed by atoms with Crippen molar-refractivity contribution >= 4 is 11.4 Å². The second kappa shape index (κ2) is 8.81. The van der Waals surface area contributed by atoms with Gasteiger partial charge in [-0.1, -0.05) is 60.7 Å². The first-order valence-corrected chi connectivity index (χ1v) is 8.74. The van der Waals surface area contributed by atoms with Gasteiger partial charge in [-0.05, 0) is 49.2 Å². The first kappa shape index (κ1) is 17.7. The van der Waals surface area contributed by atoms with Gasteiger partial charge in [-0.15, -0.1) is 0 Å². The van der Waals surface area contributed by atoms with Gasteiger partial charge in [0.1, 0.15) is 0 Å². The van der Waals surface area contributed by atoms with Crippen LogP contribution in [-0.2, 0) is 0 Å². The summed E-state index contributed by atoms with van der Waals surface area (Å²) in [5.74, 6) is 0. The second-order valence-corrected chi connectivity index (χ2v) is 6.12. The van der Waals surface area contributed by atoms with Gasteiger partial charge in [0.15, 0.2) is 0 Å². The van der Waals surface area contributed by atoms with Crippen LogP contribution in [0.5, 0.6) is 0 Å². The van der Waals surface area contributed by atoms with E-state index >= 15 is 0 Å². The van der Waals surface area contributed by atoms with E-state index in [0.29, 0.717) is 0 Å². The number of hydrogen-bond acceptors (Lipinski definition) is 4. The minimum absolute atomic E-state index is 0.0200. The third kappa shape index (κ3) is 4.93. The maximum atomic E-state index is 4.43. The van der Waals surface area contributed by atoms with Crippen LogP contribution in [0.15, 0.2) is 105 Å². The largest absolute Gasteiger partial charge is 0.181 e. The third-order valence-electron chi connectivity index (χ3n) is 4.08. The fourth-order valence-corrected chi connectivity index (χ4v) is 2.51. The van der Waals surface area contributed by atoms with E-state index in [0.717, 1.165) is 22.5 Å². The lowest BCUT2D eigenvalue weighted by Gasteiger charge is -2.10. The average Bonchev–Trinajstić information content (AvgIpc) is 2.72. The number of azo groups is 2. The Hall–Kier alpha value is -3.14. The van der Waals surface area contributed by atoms with Gasteiger partial charge >= 0.3 is 0 Å². The molecule has 2 unspecified atom stereocenters. The molecule has 0 radical (unpaired) electrons. The van der Waals surface area contributed by atoms with E-state index in [1.54, 1.807) is 0 Å². The molecule has 130 valence electrons. The first-order valence-electron chi connectivity index (χ1n) is 8.74. The van der Waals surface area contributed by atoms with Crippen LogP contribution in [0.1, 0.15) is 37.1 Å². The van der Waals surface area contributed by atoms with Gasteiger partial charge in [-0.2, -0.15) is 20.5 Å². The van der Waals surface area contributed by atoms with Gasteiger partial charge in [-0.25, -0.2) is 0 Å². The van der Waals surface area contributed by atoms with Crippen LogP contribution in [0.4, 0.5) is 11.4 Å². The SMILES string of the molecule is CC(N=Nc1ccccc1)c1cccc(C(C)N=Nc2ccccc2)c1. The van der Waals surface area contributed by atoms with Crippen molar-refractivity contribution in [2.45, 2.75) is 25.9 Å². The van der Waals surface area contributed by atoms with Crippen LogP contribution >= 0.6 is 0 Å². The highest BCUT2D eigenvalue weighted by Crippen LogP contribution is 2.25. The molecule has 4 nitrogen and oxygen atoms in total. The molecule has 26 heavy (non-hydrogen) atoms. The van der Waals surface area contributed by atoms with E-state index < -0.39 is 0 Å². The van der Waals surface area contributed by atoms with Crippen LogP contribution in [0.3, 0.4) is 0 Å². The number of nitrogens with zero attached hydrogens (tertiary/aromatic N) is 4. The number of benzene rings is 3. The Kier molecular flexibility index (Phi) is 5.99. The molecular formula is C22H22N4. The molecular weight excluding hydrogens is 320 g/mol. The summed E-state index contributed by atoms with van der Waals surface area (Å²) in [6, 6.07) is 27.8. The van der Waals surface area contributed by atoms with E-state index in [9.17, 15) is 0 Å². The third-order valence-corrected chi connectivity index (χ3v) is 4.08. The molecule has 0 aliphatic rings. The molecule has 0 bridgehead atoms. The molecule has 0 spiro atoms. The summed E-state index contributed by atoms with van der Waals surface area (Å²) in [5.41, 5.74) is 3.95. The standard InChI is InChI=1S/C22H22N4/c1-17(23-25-21-12-5-3-6-13-21)19-10-9-11-20(16-19)18(2)24-26-22-14-7-4-8-15-22/h3-18H,1-2H3. The Labute approximate surface area is 154 Å². The maximum absolute atomic E-state index is 4.43. The van der Waals surface area contributed by atoms with Crippen molar-refractivity contribution < 1.29 is 0 Å². The quantitative estimate of drug-likeness (QED) is 0.420. The minimum Gasteiger partial charge on any atom is -0.181 e. The lowest BCUT2D eigenvalue weighted by atomic mass is 10.0. The molecule has 0 saturated heterocycles. The first-order chi connectivity index (χ1) is 12.7. The Morgan fingerprint density at radius 1 is 0.538 bits per heavy atom. The molecule has 0 aliphatic carbocycles. The molecule has 3 aromatic rings. The molecule has 0 amide bonds. The molecule has 3 rings (SSSR count). The van der Waals surface area contributed by atoms with Gasteiger partial charge in [-0.3, -0.25) is 0 Å². The van der Waals surface area contributed by atoms with Crippen LogP contribution in [0.25, 0.3) is 0 Å². The maximum Gasteiger partial charge on any atom is 0.0934 e. The fraction of sp³-hybridized carbons (Fsp3) is 0.182. The van der Waals surface area contributed by atoms with Gasteiger partial charge in [0.25, 0.3) is 0 Å². The molecule has 0 N–H and O–H groups in total. The molecule has 3 aromatic carbocycles. The summed E-state index contributed by atoms with van der Waals surface area (Å²) in [6.45, 7) is 4.09. The Morgan fingerprint density at radius 2 is 0.962 bits per heavy atom. The zero-order valence-electron chi connectivity index (χ0n) is 15.0. The van der Waals surface area contributed by atoms with Crippen molar-refractivity contribution in [2.24, 2.45) is 20.5 Å². The van der Waals surface area contributed by atoms with Crippen LogP contribution < -0.4 is 0 Å². The predicted octanol–water partition coefficient (Wildman–Crippen LogP) is 7.38. The van der Waals surface area contributed by atoms with Crippen molar-refractivity contribution in [1.29, 1.82) is 0 Å². The fourth-order valence-electron chi connectivity index (χ4n) is 2.51. The monoisotopic (exact) mass is 342 g/mol. The van der Waals surface area contributed by atoms with Crippen molar-refractivity contribution in [2.75, 3.05) is 0 Å². The van der Waals surface area contributed by atoms with Crippen molar-refractivity contribution in [3.8, 4) is 0 Å². The normalized spacial score (nSPS) is 13.9. The summed E-state index contributed by atoms with van der Waals surface area (Å²) >= 11 is 0. The molecule has 2 atom stereocenters. The summed E-state index contributed by atoms with van der Waals surface area (Å²) in [6.07, 6.45) is 0. The van der Waals surface area contributed by atoms with E-state index in [4.69, 9.17) is 0 Å². The molecule has 4 heteroatoms. The van der Waals surface area contributed by atoms with Crippen molar-refractivity contribution in [1.82, 2.24) is 0 Å². The van der Waals surface area contributed by atoms with Crippen LogP contribution in [0, 0.1) is 0 Å². The second-order valence-electron chi connectivity index (χ2n) is 6.12. The molecule has 0 fully saturated rings. The Balaban J connectivity index is 1.71. The van der Waals surface area contributed by atoms with E-state index in [1.165, 1.54) is 0 Å². The smallest absolute Gasteiger partial charge is 0.0934 e.